The first-order valence-electron chi connectivity index (χ1n) is 4.57. The smallest absolute Gasteiger partial charge is 0.113 e. The van der Waals surface area contributed by atoms with Crippen LogP contribution in [0.1, 0.15) is 24.7 Å². The zero-order valence-electron chi connectivity index (χ0n) is 7.46. The zero-order valence-corrected chi connectivity index (χ0v) is 8.28. The molecule has 0 aromatic carbocycles. The summed E-state index contributed by atoms with van der Waals surface area (Å²) in [6, 6.07) is 2.06. The van der Waals surface area contributed by atoms with Gasteiger partial charge in [-0.25, -0.2) is 0 Å². The second-order valence-corrected chi connectivity index (χ2v) is 4.90. The second-order valence-electron chi connectivity index (χ2n) is 3.46. The lowest BCUT2D eigenvalue weighted by molar-refractivity contribution is 0.506. The van der Waals surface area contributed by atoms with Crippen LogP contribution in [0.15, 0.2) is 21.7 Å². The molecular formula is C10H11NOS. The molecule has 0 bridgehead atoms. The number of hydrogen-bond donors (Lipinski definition) is 1. The van der Waals surface area contributed by atoms with Crippen LogP contribution >= 0.6 is 11.8 Å². The van der Waals surface area contributed by atoms with Gasteiger partial charge in [0.25, 0.3) is 0 Å². The highest BCUT2D eigenvalue weighted by Crippen LogP contribution is 2.42. The summed E-state index contributed by atoms with van der Waals surface area (Å²) in [5.41, 5.74) is 2.59. The van der Waals surface area contributed by atoms with Crippen LogP contribution in [0.25, 0.3) is 5.70 Å². The third kappa shape index (κ3) is 1.03. The van der Waals surface area contributed by atoms with Crippen molar-refractivity contribution in [3.8, 4) is 0 Å². The molecule has 0 saturated heterocycles. The standard InChI is InChI=1S/C10H11NOS/c1-6-11-10-7-4-5-12-8(7)2-3-9(10)13-6/h4-6,11H,2-3H2,1H3. The van der Waals surface area contributed by atoms with E-state index in [-0.39, 0.29) is 0 Å². The molecule has 0 spiro atoms. The van der Waals surface area contributed by atoms with Crippen molar-refractivity contribution in [2.24, 2.45) is 0 Å². The Morgan fingerprint density at radius 3 is 3.38 bits per heavy atom. The molecule has 3 rings (SSSR count). The molecule has 1 unspecified atom stereocenters. The predicted molar refractivity (Wildman–Crippen MR) is 54.1 cm³/mol. The molecule has 1 aromatic heterocycles. The van der Waals surface area contributed by atoms with E-state index in [0.29, 0.717) is 5.37 Å². The molecule has 1 atom stereocenters. The largest absolute Gasteiger partial charge is 0.469 e. The van der Waals surface area contributed by atoms with Crippen molar-refractivity contribution in [2.75, 3.05) is 0 Å². The van der Waals surface area contributed by atoms with Gasteiger partial charge >= 0.3 is 0 Å². The monoisotopic (exact) mass is 193 g/mol. The summed E-state index contributed by atoms with van der Waals surface area (Å²) in [4.78, 5) is 1.50. The predicted octanol–water partition coefficient (Wildman–Crippen LogP) is 2.58. The van der Waals surface area contributed by atoms with Crippen LogP contribution in [0.5, 0.6) is 0 Å². The molecule has 0 saturated carbocycles. The first-order valence-corrected chi connectivity index (χ1v) is 5.45. The molecule has 1 aromatic rings. The van der Waals surface area contributed by atoms with Crippen LogP contribution < -0.4 is 5.32 Å². The summed E-state index contributed by atoms with van der Waals surface area (Å²) in [5, 5.41) is 4.00. The normalized spacial score (nSPS) is 25.5. The molecule has 0 fully saturated rings. The van der Waals surface area contributed by atoms with Gasteiger partial charge < -0.3 is 9.73 Å². The molecule has 68 valence electrons. The van der Waals surface area contributed by atoms with Crippen LogP contribution in [0.4, 0.5) is 0 Å². The van der Waals surface area contributed by atoms with E-state index in [0.717, 1.165) is 18.6 Å². The summed E-state index contributed by atoms with van der Waals surface area (Å²) in [6.07, 6.45) is 3.98. The van der Waals surface area contributed by atoms with Gasteiger partial charge in [0.15, 0.2) is 0 Å². The lowest BCUT2D eigenvalue weighted by Gasteiger charge is -2.12. The molecule has 1 aliphatic carbocycles. The van der Waals surface area contributed by atoms with Crippen LogP contribution in [-0.4, -0.2) is 5.37 Å². The van der Waals surface area contributed by atoms with Crippen molar-refractivity contribution in [2.45, 2.75) is 25.1 Å². The maximum Gasteiger partial charge on any atom is 0.113 e. The second kappa shape index (κ2) is 2.58. The van der Waals surface area contributed by atoms with Gasteiger partial charge in [0, 0.05) is 16.9 Å². The van der Waals surface area contributed by atoms with Gasteiger partial charge in [0.05, 0.1) is 17.3 Å². The minimum atomic E-state index is 0.519. The highest BCUT2D eigenvalue weighted by atomic mass is 32.2. The van der Waals surface area contributed by atoms with E-state index in [1.54, 1.807) is 6.26 Å². The van der Waals surface area contributed by atoms with Gasteiger partial charge in [-0.2, -0.15) is 0 Å². The Morgan fingerprint density at radius 2 is 2.46 bits per heavy atom. The van der Waals surface area contributed by atoms with Gasteiger partial charge in [-0.05, 0) is 19.4 Å². The molecule has 1 aliphatic heterocycles. The Hall–Kier alpha value is -0.830. The number of nitrogens with one attached hydrogen (secondary N) is 1. The van der Waals surface area contributed by atoms with Crippen LogP contribution in [-0.2, 0) is 6.42 Å². The fourth-order valence-electron chi connectivity index (χ4n) is 1.98. The summed E-state index contributed by atoms with van der Waals surface area (Å²) in [5.74, 6) is 1.14. The van der Waals surface area contributed by atoms with E-state index < -0.39 is 0 Å². The van der Waals surface area contributed by atoms with E-state index in [2.05, 4.69) is 18.3 Å². The van der Waals surface area contributed by atoms with Crippen molar-refractivity contribution in [3.63, 3.8) is 0 Å². The van der Waals surface area contributed by atoms with Gasteiger partial charge in [0.2, 0.25) is 0 Å². The number of furan rings is 1. The van der Waals surface area contributed by atoms with E-state index in [9.17, 15) is 0 Å². The number of allylic oxidation sites excluding steroid dienone is 1. The average molecular weight is 193 g/mol. The quantitative estimate of drug-likeness (QED) is 0.685. The van der Waals surface area contributed by atoms with Crippen molar-refractivity contribution in [1.29, 1.82) is 0 Å². The Balaban J connectivity index is 2.10. The molecule has 1 N–H and O–H groups in total. The summed E-state index contributed by atoms with van der Waals surface area (Å²) < 4.78 is 5.42. The fraction of sp³-hybridized carbons (Fsp3) is 0.400. The zero-order chi connectivity index (χ0) is 8.84. The van der Waals surface area contributed by atoms with Gasteiger partial charge in [-0.15, -0.1) is 11.8 Å². The third-order valence-corrected chi connectivity index (χ3v) is 3.70. The fourth-order valence-corrected chi connectivity index (χ4v) is 3.09. The Morgan fingerprint density at radius 1 is 1.54 bits per heavy atom. The first kappa shape index (κ1) is 7.56. The third-order valence-electron chi connectivity index (χ3n) is 2.54. The Bertz CT molecular complexity index is 380. The number of rotatable bonds is 0. The topological polar surface area (TPSA) is 25.2 Å². The maximum atomic E-state index is 5.42. The van der Waals surface area contributed by atoms with E-state index >= 15 is 0 Å². The minimum Gasteiger partial charge on any atom is -0.469 e. The summed E-state index contributed by atoms with van der Waals surface area (Å²) in [6.45, 7) is 2.20. The lowest BCUT2D eigenvalue weighted by atomic mass is 10.0. The highest BCUT2D eigenvalue weighted by Gasteiger charge is 2.28. The number of fused-ring (bicyclic) bond motifs is 2. The molecule has 2 nitrogen and oxygen atoms in total. The minimum absolute atomic E-state index is 0.519. The highest BCUT2D eigenvalue weighted by molar-refractivity contribution is 8.04. The molecule has 2 heterocycles. The van der Waals surface area contributed by atoms with Crippen molar-refractivity contribution in [3.05, 3.63) is 28.6 Å². The van der Waals surface area contributed by atoms with Crippen molar-refractivity contribution >= 4 is 17.5 Å². The molecule has 13 heavy (non-hydrogen) atoms. The van der Waals surface area contributed by atoms with Gasteiger partial charge in [-0.3, -0.25) is 0 Å². The maximum absolute atomic E-state index is 5.42. The molecule has 3 heteroatoms. The van der Waals surface area contributed by atoms with Crippen LogP contribution in [0, 0.1) is 0 Å². The number of hydrogen-bond acceptors (Lipinski definition) is 3. The Kier molecular flexibility index (Phi) is 1.50. The first-order chi connectivity index (χ1) is 6.34. The van der Waals surface area contributed by atoms with E-state index in [1.165, 1.54) is 16.2 Å². The molecular weight excluding hydrogens is 182 g/mol. The number of thioether (sulfide) groups is 1. The summed E-state index contributed by atoms with van der Waals surface area (Å²) in [7, 11) is 0. The molecule has 0 amide bonds. The van der Waals surface area contributed by atoms with Crippen LogP contribution in [0.3, 0.4) is 0 Å². The van der Waals surface area contributed by atoms with Gasteiger partial charge in [-0.1, -0.05) is 0 Å². The number of aryl methyl sites for hydroxylation is 1. The van der Waals surface area contributed by atoms with Crippen molar-refractivity contribution in [1.82, 2.24) is 5.32 Å². The van der Waals surface area contributed by atoms with E-state index in [4.69, 9.17) is 4.42 Å². The Labute approximate surface area is 81.4 Å². The van der Waals surface area contributed by atoms with Crippen LogP contribution in [0.2, 0.25) is 0 Å². The average Bonchev–Trinajstić information content (AvgIpc) is 2.65. The molecule has 2 aliphatic rings. The molecule has 0 radical (unpaired) electrons. The summed E-state index contributed by atoms with van der Waals surface area (Å²) >= 11 is 1.94. The lowest BCUT2D eigenvalue weighted by Crippen LogP contribution is -2.16. The van der Waals surface area contributed by atoms with Crippen molar-refractivity contribution < 1.29 is 4.42 Å². The van der Waals surface area contributed by atoms with Gasteiger partial charge in [0.1, 0.15) is 5.76 Å². The SMILES string of the molecule is CC1NC2=C(CCc3occc32)S1. The van der Waals surface area contributed by atoms with E-state index in [1.807, 2.05) is 11.8 Å².